The fourth-order valence-electron chi connectivity index (χ4n) is 6.97. The van der Waals surface area contributed by atoms with E-state index in [4.69, 9.17) is 28.4 Å². The van der Waals surface area contributed by atoms with Crippen LogP contribution in [0.25, 0.3) is 11.6 Å². The fourth-order valence-corrected chi connectivity index (χ4v) is 6.97. The minimum Gasteiger partial charge on any atom is -0.497 e. The quantitative estimate of drug-likeness (QED) is 0.0601. The Hall–Kier alpha value is -8.56. The van der Waals surface area contributed by atoms with Crippen molar-refractivity contribution in [3.05, 3.63) is 222 Å². The van der Waals surface area contributed by atoms with Gasteiger partial charge in [0.05, 0.1) is 14.2 Å². The van der Waals surface area contributed by atoms with Crippen LogP contribution in [-0.4, -0.2) is 26.2 Å². The number of carbonyl (C=O) groups is 2. The lowest BCUT2D eigenvalue weighted by molar-refractivity contribution is -0.132. The zero-order valence-electron chi connectivity index (χ0n) is 38.3. The molecule has 0 fully saturated rings. The molecule has 67 heavy (non-hydrogen) atoms. The van der Waals surface area contributed by atoms with Gasteiger partial charge < -0.3 is 33.3 Å². The van der Waals surface area contributed by atoms with Crippen molar-refractivity contribution in [3.63, 3.8) is 0 Å². The molecule has 0 saturated heterocycles. The average Bonchev–Trinajstić information content (AvgIpc) is 3.33. The van der Waals surface area contributed by atoms with Crippen LogP contribution in [-0.2, 0) is 9.59 Å². The summed E-state index contributed by atoms with van der Waals surface area (Å²) in [6, 6.07) is 62.9. The summed E-state index contributed by atoms with van der Waals surface area (Å²) in [4.78, 5) is 24.7. The Kier molecular flexibility index (Phi) is 15.5. The molecule has 0 bridgehead atoms. The fraction of sp³-hybridized carbons (Fsp3) is 0.103. The molecular weight excluding hydrogens is 839 g/mol. The smallest absolute Gasteiger partial charge is 0.308 e. The van der Waals surface area contributed by atoms with Crippen molar-refractivity contribution in [3.8, 4) is 46.0 Å². The van der Waals surface area contributed by atoms with Gasteiger partial charge in [0, 0.05) is 43.0 Å². The molecule has 9 heteroatoms. The van der Waals surface area contributed by atoms with E-state index >= 15 is 0 Å². The second-order valence-corrected chi connectivity index (χ2v) is 15.4. The predicted octanol–water partition coefficient (Wildman–Crippen LogP) is 14.5. The Balaban J connectivity index is 0.000000220. The van der Waals surface area contributed by atoms with Crippen molar-refractivity contribution in [1.82, 2.24) is 0 Å². The molecule has 0 saturated carbocycles. The van der Waals surface area contributed by atoms with E-state index in [2.05, 4.69) is 110 Å². The summed E-state index contributed by atoms with van der Waals surface area (Å²) < 4.78 is 32.4. The third-order valence-electron chi connectivity index (χ3n) is 10.3. The van der Waals surface area contributed by atoms with Gasteiger partial charge in [-0.3, -0.25) is 9.59 Å². The van der Waals surface area contributed by atoms with Gasteiger partial charge in [-0.25, -0.2) is 0 Å². The maximum Gasteiger partial charge on any atom is 0.308 e. The highest BCUT2D eigenvalue weighted by molar-refractivity contribution is 5.92. The normalized spacial score (nSPS) is 10.7. The van der Waals surface area contributed by atoms with E-state index in [1.165, 1.54) is 25.0 Å². The van der Waals surface area contributed by atoms with Gasteiger partial charge >= 0.3 is 11.9 Å². The van der Waals surface area contributed by atoms with Crippen LogP contribution >= 0.6 is 0 Å². The molecular formula is C58H51NO8. The highest BCUT2D eigenvalue weighted by atomic mass is 16.5. The van der Waals surface area contributed by atoms with Crippen molar-refractivity contribution in [2.24, 2.45) is 0 Å². The van der Waals surface area contributed by atoms with Crippen LogP contribution in [0.4, 0.5) is 17.1 Å². The summed E-state index contributed by atoms with van der Waals surface area (Å²) in [5.41, 5.74) is 9.91. The van der Waals surface area contributed by atoms with E-state index in [-0.39, 0.29) is 11.9 Å². The lowest BCUT2D eigenvalue weighted by Crippen LogP contribution is -2.09. The molecule has 0 atom stereocenters. The van der Waals surface area contributed by atoms with Crippen LogP contribution in [0.5, 0.6) is 46.0 Å². The molecule has 0 aliphatic rings. The van der Waals surface area contributed by atoms with Gasteiger partial charge in [-0.05, 0) is 151 Å². The van der Waals surface area contributed by atoms with Gasteiger partial charge in [-0.15, -0.1) is 0 Å². The monoisotopic (exact) mass is 889 g/mol. The first kappa shape index (κ1) is 46.4. The zero-order chi connectivity index (χ0) is 47.1. The van der Waals surface area contributed by atoms with Gasteiger partial charge in [0.25, 0.3) is 0 Å². The number of carbonyl (C=O) groups excluding carboxylic acids is 2. The van der Waals surface area contributed by atoms with Crippen molar-refractivity contribution in [1.29, 1.82) is 0 Å². The maximum atomic E-state index is 11.4. The molecule has 0 N–H and O–H groups in total. The number of esters is 2. The molecule has 8 rings (SSSR count). The number of nitrogens with zero attached hydrogens (tertiary/aromatic N) is 1. The number of ether oxygens (including phenoxy) is 6. The number of rotatable bonds is 14. The van der Waals surface area contributed by atoms with Crippen LogP contribution in [0.2, 0.25) is 0 Å². The SMILES string of the molecule is COc1ccc(/C(=C/c2ccc(N(c3ccc(C)cc3)c3ccc(C)cc3)cc2)c2ccc(OC(C)=O)cc2)cc1.COc1cccc(Oc2ccc(Oc3cccc(OC(C)=O)c3)cc2)c1. The summed E-state index contributed by atoms with van der Waals surface area (Å²) >= 11 is 0. The van der Waals surface area contributed by atoms with E-state index in [0.29, 0.717) is 34.5 Å². The topological polar surface area (TPSA) is 92.8 Å². The molecule has 0 spiro atoms. The van der Waals surface area contributed by atoms with Gasteiger partial charge in [0.15, 0.2) is 0 Å². The van der Waals surface area contributed by atoms with E-state index in [1.807, 2.05) is 72.8 Å². The first-order chi connectivity index (χ1) is 32.5. The van der Waals surface area contributed by atoms with Gasteiger partial charge in [-0.2, -0.15) is 0 Å². The van der Waals surface area contributed by atoms with Gasteiger partial charge in [0.1, 0.15) is 46.0 Å². The number of benzene rings is 8. The first-order valence-corrected chi connectivity index (χ1v) is 21.6. The van der Waals surface area contributed by atoms with Gasteiger partial charge in [-0.1, -0.05) is 83.9 Å². The Morgan fingerprint density at radius 1 is 0.403 bits per heavy atom. The molecule has 0 amide bonds. The predicted molar refractivity (Wildman–Crippen MR) is 266 cm³/mol. The van der Waals surface area contributed by atoms with E-state index in [1.54, 1.807) is 50.6 Å². The summed E-state index contributed by atoms with van der Waals surface area (Å²) in [5, 5.41) is 0. The third-order valence-corrected chi connectivity index (χ3v) is 10.3. The molecule has 336 valence electrons. The highest BCUT2D eigenvalue weighted by Crippen LogP contribution is 2.36. The molecule has 8 aromatic rings. The van der Waals surface area contributed by atoms with E-state index in [9.17, 15) is 9.59 Å². The average molecular weight is 890 g/mol. The molecule has 0 aliphatic heterocycles. The molecule has 8 aromatic carbocycles. The number of methoxy groups -OCH3 is 2. The number of aryl methyl sites for hydroxylation is 2. The van der Waals surface area contributed by atoms with E-state index in [0.717, 1.165) is 50.8 Å². The Bertz CT molecular complexity index is 2860. The highest BCUT2D eigenvalue weighted by Gasteiger charge is 2.14. The number of anilines is 3. The minimum absolute atomic E-state index is 0.339. The van der Waals surface area contributed by atoms with E-state index < -0.39 is 0 Å². The second kappa shape index (κ2) is 22.4. The summed E-state index contributed by atoms with van der Waals surface area (Å²) in [6.45, 7) is 6.96. The van der Waals surface area contributed by atoms with Crippen LogP contribution in [0.1, 0.15) is 41.7 Å². The maximum absolute atomic E-state index is 11.4. The Morgan fingerprint density at radius 2 is 0.776 bits per heavy atom. The number of hydrogen-bond acceptors (Lipinski definition) is 9. The molecule has 0 unspecified atom stereocenters. The van der Waals surface area contributed by atoms with Crippen molar-refractivity contribution in [2.45, 2.75) is 27.7 Å². The first-order valence-electron chi connectivity index (χ1n) is 21.6. The third kappa shape index (κ3) is 13.2. The number of hydrogen-bond donors (Lipinski definition) is 0. The van der Waals surface area contributed by atoms with Crippen molar-refractivity contribution in [2.75, 3.05) is 19.1 Å². The molecule has 0 heterocycles. The van der Waals surface area contributed by atoms with Crippen LogP contribution in [0.3, 0.4) is 0 Å². The molecule has 0 radical (unpaired) electrons. The summed E-state index contributed by atoms with van der Waals surface area (Å²) in [7, 11) is 3.28. The molecule has 0 aliphatic carbocycles. The van der Waals surface area contributed by atoms with Crippen LogP contribution in [0.15, 0.2) is 194 Å². The van der Waals surface area contributed by atoms with Crippen molar-refractivity contribution < 1.29 is 38.0 Å². The largest absolute Gasteiger partial charge is 0.497 e. The summed E-state index contributed by atoms with van der Waals surface area (Å²) in [5.74, 6) is 4.36. The van der Waals surface area contributed by atoms with Crippen LogP contribution < -0.4 is 33.3 Å². The Labute approximate surface area is 392 Å². The Morgan fingerprint density at radius 3 is 1.22 bits per heavy atom. The van der Waals surface area contributed by atoms with Crippen LogP contribution in [0, 0.1) is 13.8 Å². The standard InChI is InChI=1S/C37H33NO3.C21H18O5/c1-26-5-15-32(16-6-26)38(33-17-7-27(2)8-18-33)34-19-9-29(10-20-34)25-37(30-11-21-35(40-4)22-12-30)31-13-23-36(24-14-31)41-28(3)39;1-15(22)24-19-6-4-8-21(14-19)26-17-11-9-16(10-12-17)25-20-7-3-5-18(13-20)23-2/h5-25H,1-4H3;3-14H,1-2H3/b37-25-;. The van der Waals surface area contributed by atoms with Crippen molar-refractivity contribution >= 4 is 40.6 Å². The lowest BCUT2D eigenvalue weighted by atomic mass is 9.95. The lowest BCUT2D eigenvalue weighted by Gasteiger charge is -2.26. The molecule has 0 aromatic heterocycles. The van der Waals surface area contributed by atoms with Gasteiger partial charge in [0.2, 0.25) is 0 Å². The second-order valence-electron chi connectivity index (χ2n) is 15.4. The minimum atomic E-state index is -0.374. The molecule has 9 nitrogen and oxygen atoms in total. The summed E-state index contributed by atoms with van der Waals surface area (Å²) in [6.07, 6.45) is 2.18. The zero-order valence-corrected chi connectivity index (χ0v) is 38.3.